The van der Waals surface area contributed by atoms with Crippen molar-refractivity contribution < 1.29 is 18.0 Å². The first kappa shape index (κ1) is 27.5. The van der Waals surface area contributed by atoms with E-state index in [1.165, 1.54) is 36.2 Å². The number of amides is 2. The number of anilines is 1. The predicted molar refractivity (Wildman–Crippen MR) is 134 cm³/mol. The molecule has 0 fully saturated rings. The number of nitrogens with one attached hydrogen (secondary N) is 1. The van der Waals surface area contributed by atoms with Gasteiger partial charge in [-0.25, -0.2) is 8.42 Å². The summed E-state index contributed by atoms with van der Waals surface area (Å²) in [6.45, 7) is 1.14. The van der Waals surface area contributed by atoms with E-state index in [1.807, 2.05) is 0 Å². The molecule has 2 aromatic carbocycles. The second kappa shape index (κ2) is 11.6. The summed E-state index contributed by atoms with van der Waals surface area (Å²) < 4.78 is 26.0. The van der Waals surface area contributed by atoms with Gasteiger partial charge in [0.05, 0.1) is 11.9 Å². The van der Waals surface area contributed by atoms with Gasteiger partial charge in [0.1, 0.15) is 12.6 Å². The maximum absolute atomic E-state index is 13.5. The molecule has 180 valence electrons. The summed E-state index contributed by atoms with van der Waals surface area (Å²) >= 11 is 24.3. The van der Waals surface area contributed by atoms with Gasteiger partial charge in [0, 0.05) is 33.7 Å². The molecule has 0 saturated heterocycles. The molecule has 0 radical (unpaired) electrons. The van der Waals surface area contributed by atoms with Crippen molar-refractivity contribution in [1.29, 1.82) is 0 Å². The van der Waals surface area contributed by atoms with E-state index in [-0.39, 0.29) is 22.3 Å². The third-order valence-corrected chi connectivity index (χ3v) is 6.97. The topological polar surface area (TPSA) is 86.8 Å². The standard InChI is InChI=1S/C21H23Cl4N3O4S/c1-4-19(21(30)26-2)27(11-13-5-6-14(22)10-18(13)25)20(29)12-28(33(3,31)32)17-8-15(23)7-16(24)9-17/h5-10,19H,4,11-12H2,1-3H3,(H,26,30)/t19-/m1/s1. The molecule has 2 rings (SSSR count). The zero-order valence-electron chi connectivity index (χ0n) is 18.1. The Balaban J connectivity index is 2.49. The molecule has 33 heavy (non-hydrogen) atoms. The van der Waals surface area contributed by atoms with E-state index in [2.05, 4.69) is 5.32 Å². The third kappa shape index (κ3) is 7.39. The Bertz CT molecular complexity index is 1120. The largest absolute Gasteiger partial charge is 0.357 e. The highest BCUT2D eigenvalue weighted by molar-refractivity contribution is 7.92. The van der Waals surface area contributed by atoms with Crippen LogP contribution < -0.4 is 9.62 Å². The van der Waals surface area contributed by atoms with Crippen molar-refractivity contribution in [2.24, 2.45) is 0 Å². The molecule has 12 heteroatoms. The molecule has 0 aromatic heterocycles. The van der Waals surface area contributed by atoms with Gasteiger partial charge in [-0.1, -0.05) is 59.4 Å². The van der Waals surface area contributed by atoms with Crippen LogP contribution in [0.4, 0.5) is 5.69 Å². The van der Waals surface area contributed by atoms with Crippen LogP contribution in [0.1, 0.15) is 18.9 Å². The van der Waals surface area contributed by atoms with E-state index < -0.39 is 34.4 Å². The van der Waals surface area contributed by atoms with Gasteiger partial charge in [-0.3, -0.25) is 13.9 Å². The first-order valence-corrected chi connectivity index (χ1v) is 13.1. The minimum atomic E-state index is -3.90. The lowest BCUT2D eigenvalue weighted by atomic mass is 10.1. The highest BCUT2D eigenvalue weighted by atomic mass is 35.5. The molecule has 1 atom stereocenters. The normalized spacial score (nSPS) is 12.2. The Morgan fingerprint density at radius 1 is 1.00 bits per heavy atom. The van der Waals surface area contributed by atoms with Gasteiger partial charge >= 0.3 is 0 Å². The lowest BCUT2D eigenvalue weighted by Gasteiger charge is -2.32. The van der Waals surface area contributed by atoms with Crippen molar-refractivity contribution >= 4 is 73.9 Å². The minimum Gasteiger partial charge on any atom is -0.357 e. The number of hydrogen-bond donors (Lipinski definition) is 1. The zero-order chi connectivity index (χ0) is 24.9. The number of halogens is 4. The van der Waals surface area contributed by atoms with Crippen molar-refractivity contribution in [2.45, 2.75) is 25.9 Å². The second-order valence-electron chi connectivity index (χ2n) is 7.19. The van der Waals surface area contributed by atoms with E-state index in [4.69, 9.17) is 46.4 Å². The molecule has 0 unspecified atom stereocenters. The highest BCUT2D eigenvalue weighted by Gasteiger charge is 2.31. The summed E-state index contributed by atoms with van der Waals surface area (Å²) in [6.07, 6.45) is 1.25. The lowest BCUT2D eigenvalue weighted by Crippen LogP contribution is -2.51. The number of likely N-dealkylation sites (N-methyl/N-ethyl adjacent to an activating group) is 1. The van der Waals surface area contributed by atoms with Crippen molar-refractivity contribution in [3.8, 4) is 0 Å². The van der Waals surface area contributed by atoms with Gasteiger partial charge in [0.25, 0.3) is 0 Å². The smallest absolute Gasteiger partial charge is 0.244 e. The summed E-state index contributed by atoms with van der Waals surface area (Å²) in [6, 6.07) is 8.14. The molecular weight excluding hydrogens is 532 g/mol. The number of sulfonamides is 1. The molecule has 0 aliphatic carbocycles. The number of benzene rings is 2. The fraction of sp³-hybridized carbons (Fsp3) is 0.333. The van der Waals surface area contributed by atoms with Crippen LogP contribution in [0.3, 0.4) is 0 Å². The Morgan fingerprint density at radius 3 is 2.09 bits per heavy atom. The molecule has 0 heterocycles. The van der Waals surface area contributed by atoms with Crippen molar-refractivity contribution in [1.82, 2.24) is 10.2 Å². The molecule has 0 spiro atoms. The fourth-order valence-corrected chi connectivity index (χ4v) is 5.03. The quantitative estimate of drug-likeness (QED) is 0.490. The molecule has 0 aliphatic heterocycles. The van der Waals surface area contributed by atoms with Gasteiger partial charge in [-0.15, -0.1) is 0 Å². The molecule has 2 aromatic rings. The van der Waals surface area contributed by atoms with E-state index >= 15 is 0 Å². The fourth-order valence-electron chi connectivity index (χ4n) is 3.22. The summed E-state index contributed by atoms with van der Waals surface area (Å²) in [5.74, 6) is -1.01. The molecule has 2 amide bonds. The molecule has 0 aliphatic rings. The molecule has 1 N–H and O–H groups in total. The summed E-state index contributed by atoms with van der Waals surface area (Å²) in [5, 5.41) is 3.69. The van der Waals surface area contributed by atoms with Crippen LogP contribution in [0.5, 0.6) is 0 Å². The predicted octanol–water partition coefficient (Wildman–Crippen LogP) is 4.62. The van der Waals surface area contributed by atoms with Gasteiger partial charge < -0.3 is 10.2 Å². The Hall–Kier alpha value is -1.71. The Labute approximate surface area is 213 Å². The van der Waals surface area contributed by atoms with Gasteiger partial charge in [-0.05, 0) is 42.3 Å². The van der Waals surface area contributed by atoms with E-state index in [0.717, 1.165) is 10.6 Å². The van der Waals surface area contributed by atoms with Crippen LogP contribution in [-0.4, -0.2) is 51.0 Å². The van der Waals surface area contributed by atoms with Crippen LogP contribution in [0.2, 0.25) is 20.1 Å². The summed E-state index contributed by atoms with van der Waals surface area (Å²) in [7, 11) is -2.44. The van der Waals surface area contributed by atoms with Crippen LogP contribution in [-0.2, 0) is 26.2 Å². The first-order chi connectivity index (χ1) is 15.4. The van der Waals surface area contributed by atoms with Gasteiger partial charge in [-0.2, -0.15) is 0 Å². The zero-order valence-corrected chi connectivity index (χ0v) is 22.0. The average molecular weight is 555 g/mol. The highest BCUT2D eigenvalue weighted by Crippen LogP contribution is 2.28. The van der Waals surface area contributed by atoms with Crippen molar-refractivity contribution in [3.05, 3.63) is 62.1 Å². The van der Waals surface area contributed by atoms with Crippen molar-refractivity contribution in [2.75, 3.05) is 24.2 Å². The number of hydrogen-bond acceptors (Lipinski definition) is 4. The van der Waals surface area contributed by atoms with E-state index in [1.54, 1.807) is 19.1 Å². The van der Waals surface area contributed by atoms with Crippen LogP contribution in [0.15, 0.2) is 36.4 Å². The minimum absolute atomic E-state index is 0.0331. The monoisotopic (exact) mass is 553 g/mol. The lowest BCUT2D eigenvalue weighted by molar-refractivity contribution is -0.140. The molecule has 0 saturated carbocycles. The maximum atomic E-state index is 13.5. The second-order valence-corrected chi connectivity index (χ2v) is 10.8. The maximum Gasteiger partial charge on any atom is 0.244 e. The molecule has 0 bridgehead atoms. The first-order valence-electron chi connectivity index (χ1n) is 9.76. The van der Waals surface area contributed by atoms with Crippen LogP contribution >= 0.6 is 46.4 Å². The van der Waals surface area contributed by atoms with Crippen LogP contribution in [0.25, 0.3) is 0 Å². The Kier molecular flexibility index (Phi) is 9.70. The summed E-state index contributed by atoms with van der Waals surface area (Å²) in [5.41, 5.74) is 0.675. The van der Waals surface area contributed by atoms with E-state index in [9.17, 15) is 18.0 Å². The summed E-state index contributed by atoms with van der Waals surface area (Å²) in [4.78, 5) is 27.3. The number of carbonyl (C=O) groups is 2. The third-order valence-electron chi connectivity index (χ3n) is 4.80. The van der Waals surface area contributed by atoms with Gasteiger partial charge in [0.2, 0.25) is 21.8 Å². The van der Waals surface area contributed by atoms with Gasteiger partial charge in [0.15, 0.2) is 0 Å². The van der Waals surface area contributed by atoms with Crippen LogP contribution in [0, 0.1) is 0 Å². The number of rotatable bonds is 9. The Morgan fingerprint density at radius 2 is 1.61 bits per heavy atom. The number of nitrogens with zero attached hydrogens (tertiary/aromatic N) is 2. The molecule has 7 nitrogen and oxygen atoms in total. The van der Waals surface area contributed by atoms with E-state index in [0.29, 0.717) is 22.0 Å². The van der Waals surface area contributed by atoms with Crippen molar-refractivity contribution in [3.63, 3.8) is 0 Å². The SMILES string of the molecule is CC[C@H](C(=O)NC)N(Cc1ccc(Cl)cc1Cl)C(=O)CN(c1cc(Cl)cc(Cl)c1)S(C)(=O)=O. The number of carbonyl (C=O) groups excluding carboxylic acids is 2. The molecular formula is C21H23Cl4N3O4S. The average Bonchev–Trinajstić information content (AvgIpc) is 2.71.